The lowest BCUT2D eigenvalue weighted by Gasteiger charge is -2.20. The molecule has 0 spiro atoms. The lowest BCUT2D eigenvalue weighted by Crippen LogP contribution is -2.39. The molecule has 0 saturated heterocycles. The van der Waals surface area contributed by atoms with Crippen molar-refractivity contribution >= 4 is 6.03 Å². The van der Waals surface area contributed by atoms with E-state index in [0.29, 0.717) is 13.1 Å². The summed E-state index contributed by atoms with van der Waals surface area (Å²) in [4.78, 5) is 17.4. The normalized spacial score (nSPS) is 12.9. The van der Waals surface area contributed by atoms with Crippen molar-refractivity contribution in [3.8, 4) is 11.4 Å². The van der Waals surface area contributed by atoms with Gasteiger partial charge in [-0.25, -0.2) is 4.79 Å². The van der Waals surface area contributed by atoms with Gasteiger partial charge in [-0.05, 0) is 48.9 Å². The Morgan fingerprint density at radius 2 is 1.56 bits per heavy atom. The van der Waals surface area contributed by atoms with E-state index >= 15 is 0 Å². The van der Waals surface area contributed by atoms with Gasteiger partial charge in [0.15, 0.2) is 0 Å². The van der Waals surface area contributed by atoms with Gasteiger partial charge in [0.2, 0.25) is 0 Å². The van der Waals surface area contributed by atoms with Gasteiger partial charge in [0.25, 0.3) is 0 Å². The second kappa shape index (κ2) is 10.3. The number of nitrogens with one attached hydrogen (secondary N) is 2. The van der Waals surface area contributed by atoms with E-state index in [1.807, 2.05) is 85.1 Å². The van der Waals surface area contributed by atoms with Crippen molar-refractivity contribution in [3.05, 3.63) is 107 Å². The Kier molecular flexibility index (Phi) is 6.66. The molecule has 6 heteroatoms. The summed E-state index contributed by atoms with van der Waals surface area (Å²) < 4.78 is 2.06. The number of carbonyl (C=O) groups excluding carboxylic acids is 1. The third-order valence-electron chi connectivity index (χ3n) is 6.31. The van der Waals surface area contributed by atoms with E-state index in [9.17, 15) is 4.79 Å². The minimum absolute atomic E-state index is 0.191. The molecule has 34 heavy (non-hydrogen) atoms. The van der Waals surface area contributed by atoms with Crippen LogP contribution in [0.3, 0.4) is 0 Å². The van der Waals surface area contributed by atoms with Gasteiger partial charge in [0.1, 0.15) is 5.69 Å². The molecule has 1 aliphatic rings. The van der Waals surface area contributed by atoms with Gasteiger partial charge in [-0.1, -0.05) is 66.7 Å². The van der Waals surface area contributed by atoms with Crippen LogP contribution in [-0.4, -0.2) is 27.3 Å². The third kappa shape index (κ3) is 4.86. The Bertz CT molecular complexity index is 1180. The number of urea groups is 1. The third-order valence-corrected chi connectivity index (χ3v) is 6.31. The van der Waals surface area contributed by atoms with Crippen LogP contribution in [0.1, 0.15) is 41.3 Å². The first kappa shape index (κ1) is 21.9. The second-order valence-corrected chi connectivity index (χ2v) is 8.57. The van der Waals surface area contributed by atoms with Crippen molar-refractivity contribution in [2.45, 2.75) is 38.3 Å². The van der Waals surface area contributed by atoms with E-state index in [0.717, 1.165) is 35.4 Å². The Morgan fingerprint density at radius 1 is 0.882 bits per heavy atom. The molecule has 0 saturated carbocycles. The Balaban J connectivity index is 1.27. The van der Waals surface area contributed by atoms with Crippen molar-refractivity contribution in [3.63, 3.8) is 0 Å². The van der Waals surface area contributed by atoms with E-state index < -0.39 is 0 Å². The first-order valence-electron chi connectivity index (χ1n) is 11.9. The summed E-state index contributed by atoms with van der Waals surface area (Å²) in [5.74, 6) is 0. The summed E-state index contributed by atoms with van der Waals surface area (Å²) in [6.45, 7) is 1.13. The molecule has 0 fully saturated rings. The van der Waals surface area contributed by atoms with Gasteiger partial charge < -0.3 is 10.6 Å². The van der Waals surface area contributed by atoms with E-state index in [4.69, 9.17) is 5.10 Å². The minimum atomic E-state index is -0.212. The maximum absolute atomic E-state index is 12.8. The van der Waals surface area contributed by atoms with Crippen LogP contribution in [0.4, 0.5) is 4.79 Å². The van der Waals surface area contributed by atoms with Gasteiger partial charge in [-0.3, -0.25) is 9.67 Å². The van der Waals surface area contributed by atoms with E-state index in [1.165, 1.54) is 24.1 Å². The van der Waals surface area contributed by atoms with Crippen LogP contribution in [0, 0.1) is 0 Å². The quantitative estimate of drug-likeness (QED) is 0.419. The maximum Gasteiger partial charge on any atom is 0.315 e. The van der Waals surface area contributed by atoms with Crippen molar-refractivity contribution in [1.82, 2.24) is 25.4 Å². The van der Waals surface area contributed by atoms with E-state index in [-0.39, 0.29) is 12.1 Å². The van der Waals surface area contributed by atoms with Crippen molar-refractivity contribution in [2.75, 3.05) is 6.54 Å². The molecule has 1 aliphatic carbocycles. The largest absolute Gasteiger partial charge is 0.336 e. The number of hydrogen-bond acceptors (Lipinski definition) is 3. The molecule has 2 aromatic carbocycles. The van der Waals surface area contributed by atoms with E-state index in [2.05, 4.69) is 20.3 Å². The number of rotatable bonds is 7. The SMILES string of the molecule is O=C(NCCn1nc(-c2ccccn2)c2c1CCCC2)NC(c1ccccc1)c1ccccc1. The van der Waals surface area contributed by atoms with Crippen LogP contribution in [0.2, 0.25) is 0 Å². The molecule has 0 aliphatic heterocycles. The fourth-order valence-corrected chi connectivity index (χ4v) is 4.67. The number of aromatic nitrogens is 3. The fraction of sp³-hybridized carbons (Fsp3) is 0.250. The van der Waals surface area contributed by atoms with Crippen LogP contribution in [0.25, 0.3) is 11.4 Å². The van der Waals surface area contributed by atoms with Crippen molar-refractivity contribution < 1.29 is 4.79 Å². The highest BCUT2D eigenvalue weighted by Crippen LogP contribution is 2.30. The summed E-state index contributed by atoms with van der Waals surface area (Å²) in [6, 6.07) is 25.6. The van der Waals surface area contributed by atoms with Gasteiger partial charge in [-0.2, -0.15) is 5.10 Å². The molecule has 0 atom stereocenters. The predicted octanol–water partition coefficient (Wildman–Crippen LogP) is 4.91. The summed E-state index contributed by atoms with van der Waals surface area (Å²) >= 11 is 0. The zero-order chi connectivity index (χ0) is 23.2. The second-order valence-electron chi connectivity index (χ2n) is 8.57. The lowest BCUT2D eigenvalue weighted by molar-refractivity contribution is 0.238. The molecule has 5 rings (SSSR count). The Morgan fingerprint density at radius 3 is 2.24 bits per heavy atom. The first-order valence-corrected chi connectivity index (χ1v) is 11.9. The van der Waals surface area contributed by atoms with Gasteiger partial charge in [0.05, 0.1) is 18.3 Å². The molecule has 172 valence electrons. The maximum atomic E-state index is 12.8. The number of pyridine rings is 1. The molecule has 2 aromatic heterocycles. The molecule has 6 nitrogen and oxygen atoms in total. The fourth-order valence-electron chi connectivity index (χ4n) is 4.67. The molecule has 0 radical (unpaired) electrons. The molecule has 0 bridgehead atoms. The van der Waals surface area contributed by atoms with Gasteiger partial charge in [0, 0.05) is 24.0 Å². The summed E-state index contributed by atoms with van der Waals surface area (Å²) in [6.07, 6.45) is 6.21. The molecule has 0 unspecified atom stereocenters. The van der Waals surface area contributed by atoms with Gasteiger partial charge >= 0.3 is 6.03 Å². The lowest BCUT2D eigenvalue weighted by atomic mass is 9.95. The highest BCUT2D eigenvalue weighted by Gasteiger charge is 2.22. The molecular formula is C28H29N5O. The minimum Gasteiger partial charge on any atom is -0.336 e. The van der Waals surface area contributed by atoms with E-state index in [1.54, 1.807) is 0 Å². The monoisotopic (exact) mass is 451 g/mol. The zero-order valence-electron chi connectivity index (χ0n) is 19.2. The number of amides is 2. The van der Waals surface area contributed by atoms with Crippen LogP contribution in [0.15, 0.2) is 85.1 Å². The summed E-state index contributed by atoms with van der Waals surface area (Å²) in [5, 5.41) is 11.1. The smallest absolute Gasteiger partial charge is 0.315 e. The molecule has 2 heterocycles. The highest BCUT2D eigenvalue weighted by atomic mass is 16.2. The molecule has 2 N–H and O–H groups in total. The molecular weight excluding hydrogens is 422 g/mol. The van der Waals surface area contributed by atoms with Crippen LogP contribution >= 0.6 is 0 Å². The number of nitrogens with zero attached hydrogens (tertiary/aromatic N) is 3. The number of fused-ring (bicyclic) bond motifs is 1. The van der Waals surface area contributed by atoms with Crippen molar-refractivity contribution in [1.29, 1.82) is 0 Å². The average molecular weight is 452 g/mol. The zero-order valence-corrected chi connectivity index (χ0v) is 19.2. The number of benzene rings is 2. The average Bonchev–Trinajstić information content (AvgIpc) is 3.27. The Labute approximate surface area is 200 Å². The number of hydrogen-bond donors (Lipinski definition) is 2. The molecule has 2 amide bonds. The van der Waals surface area contributed by atoms with Crippen molar-refractivity contribution in [2.24, 2.45) is 0 Å². The molecule has 4 aromatic rings. The first-order chi connectivity index (χ1) is 16.8. The number of carbonyl (C=O) groups is 1. The Hall–Kier alpha value is -3.93. The van der Waals surface area contributed by atoms with Crippen LogP contribution in [0.5, 0.6) is 0 Å². The van der Waals surface area contributed by atoms with Gasteiger partial charge in [-0.15, -0.1) is 0 Å². The highest BCUT2D eigenvalue weighted by molar-refractivity contribution is 5.75. The standard InChI is InChI=1S/C28H29N5O/c34-28(31-26(21-11-3-1-4-12-21)22-13-5-2-6-14-22)30-19-20-33-25-17-8-7-15-23(25)27(32-33)24-16-9-10-18-29-24/h1-6,9-14,16,18,26H,7-8,15,17,19-20H2,(H2,30,31,34). The predicted molar refractivity (Wildman–Crippen MR) is 133 cm³/mol. The topological polar surface area (TPSA) is 71.8 Å². The van der Waals surface area contributed by atoms with Crippen LogP contribution < -0.4 is 10.6 Å². The summed E-state index contributed by atoms with van der Waals surface area (Å²) in [5.41, 5.74) is 6.57. The van der Waals surface area contributed by atoms with Crippen LogP contribution in [-0.2, 0) is 19.4 Å². The summed E-state index contributed by atoms with van der Waals surface area (Å²) in [7, 11) is 0.